The predicted molar refractivity (Wildman–Crippen MR) is 344 cm³/mol. The van der Waals surface area contributed by atoms with Gasteiger partial charge in [-0.1, -0.05) is 201 Å². The molecule has 85 heavy (non-hydrogen) atoms. The molecule has 4 aromatic heterocycles. The molecule has 0 unspecified atom stereocenters. The van der Waals surface area contributed by atoms with Crippen LogP contribution < -0.4 is 9.30 Å². The van der Waals surface area contributed by atoms with Crippen molar-refractivity contribution >= 4 is 54.8 Å². The zero-order valence-electron chi connectivity index (χ0n) is 56.5. The summed E-state index contributed by atoms with van der Waals surface area (Å²) >= 11 is 0. The Morgan fingerprint density at radius 2 is 1.11 bits per heavy atom. The van der Waals surface area contributed by atoms with E-state index in [0.717, 1.165) is 77.4 Å². The van der Waals surface area contributed by atoms with Gasteiger partial charge >= 0.3 is 0 Å². The fourth-order valence-electron chi connectivity index (χ4n) is 12.0. The molecule has 0 saturated carbocycles. The van der Waals surface area contributed by atoms with E-state index < -0.39 is 36.3 Å². The number of furan rings is 1. The molecule has 0 amide bonds. The van der Waals surface area contributed by atoms with Crippen molar-refractivity contribution in [2.75, 3.05) is 0 Å². The van der Waals surface area contributed by atoms with Crippen LogP contribution >= 0.6 is 0 Å². The first-order valence-electron chi connectivity index (χ1n) is 32.4. The number of aromatic nitrogens is 4. The molecule has 0 radical (unpaired) electrons. The second-order valence-corrected chi connectivity index (χ2v) is 25.1. The number of imidazole rings is 1. The first kappa shape index (κ1) is 45.4. The minimum Gasteiger partial charge on any atom is -0.510 e. The summed E-state index contributed by atoms with van der Waals surface area (Å²) < 4.78 is 96.5. The summed E-state index contributed by atoms with van der Waals surface area (Å²) in [6.45, 7) is 19.7. The van der Waals surface area contributed by atoms with Crippen molar-refractivity contribution in [1.82, 2.24) is 14.1 Å². The number of benzene rings is 10. The Bertz CT molecular complexity index is 5480. The average Bonchev–Trinajstić information content (AvgIpc) is 1.69. The van der Waals surface area contributed by atoms with Gasteiger partial charge in [0, 0.05) is 55.1 Å². The summed E-state index contributed by atoms with van der Waals surface area (Å²) in [5, 5.41) is 3.80. The Morgan fingerprint density at radius 3 is 1.84 bits per heavy atom. The van der Waals surface area contributed by atoms with Crippen molar-refractivity contribution in [3.63, 3.8) is 0 Å². The second-order valence-electron chi connectivity index (χ2n) is 25.1. The number of hydrogen-bond donors (Lipinski definition) is 0. The van der Waals surface area contributed by atoms with Crippen molar-refractivity contribution in [2.24, 2.45) is 0 Å². The SMILES string of the molecule is [2H]c1c([2H])c([2H])c2c(c1[2H])-c1cccc(-c3ccc4oc5ccccc5c4c3)c1-[n+]1[c-]n(-c3[c-]c(Oc4[c-]c5c(cc4)c4ccccc4n5-c4cc(C(C)(C)C)ccn4)ccc3)c3cc(-c4cc(C(C)(C)C)cc(C(C)(C)C)c4)cc(c31)-c1c([2H])c([2H])c([2H])c([2H])c1-2.[Pt]. The van der Waals surface area contributed by atoms with E-state index in [1.807, 2.05) is 118 Å². The molecule has 1 aliphatic rings. The van der Waals surface area contributed by atoms with Crippen molar-refractivity contribution in [3.8, 4) is 84.3 Å². The van der Waals surface area contributed by atoms with Crippen LogP contribution in [-0.2, 0) is 37.3 Å². The first-order chi connectivity index (χ1) is 43.8. The molecule has 10 aromatic carbocycles. The molecular formula is C78H62N4O2Pt-2. The Kier molecular flexibility index (Phi) is 10.7. The molecule has 0 spiro atoms. The first-order valence-corrected chi connectivity index (χ1v) is 28.4. The molecule has 14 aromatic rings. The topological polar surface area (TPSA) is 49.0 Å². The summed E-state index contributed by atoms with van der Waals surface area (Å²) in [5.74, 6) is 1.56. The molecule has 0 aliphatic carbocycles. The minimum absolute atomic E-state index is 0. The van der Waals surface area contributed by atoms with Crippen LogP contribution in [0, 0.1) is 18.5 Å². The van der Waals surface area contributed by atoms with Gasteiger partial charge in [-0.05, 0) is 142 Å². The van der Waals surface area contributed by atoms with E-state index in [2.05, 4.69) is 140 Å². The fraction of sp³-hybridized carbons (Fsp3) is 0.154. The van der Waals surface area contributed by atoms with E-state index >= 15 is 0 Å². The van der Waals surface area contributed by atoms with Gasteiger partial charge in [-0.15, -0.1) is 29.7 Å². The molecule has 0 fully saturated rings. The Hall–Kier alpha value is -9.09. The molecule has 0 atom stereocenters. The van der Waals surface area contributed by atoms with E-state index in [1.54, 1.807) is 0 Å². The molecule has 15 rings (SSSR count). The van der Waals surface area contributed by atoms with Crippen LogP contribution in [0.2, 0.25) is 0 Å². The summed E-state index contributed by atoms with van der Waals surface area (Å²) in [6.07, 6.45) is 5.65. The van der Waals surface area contributed by atoms with Gasteiger partial charge in [0.15, 0.2) is 0 Å². The zero-order chi connectivity index (χ0) is 64.4. The number of hydrogen-bond acceptors (Lipinski definition) is 3. The van der Waals surface area contributed by atoms with Crippen LogP contribution in [-0.4, -0.2) is 14.1 Å². The Morgan fingerprint density at radius 1 is 0.482 bits per heavy atom. The number of ether oxygens (including phenoxy) is 1. The van der Waals surface area contributed by atoms with Gasteiger partial charge in [-0.2, -0.15) is 18.2 Å². The molecule has 6 nitrogen and oxygen atoms in total. The number of nitrogens with zero attached hydrogens (tertiary/aromatic N) is 4. The number of para-hydroxylation sites is 3. The van der Waals surface area contributed by atoms with Crippen molar-refractivity contribution < 1.29 is 45.8 Å². The zero-order valence-corrected chi connectivity index (χ0v) is 50.8. The summed E-state index contributed by atoms with van der Waals surface area (Å²) in [7, 11) is 0. The monoisotopic (exact) mass is 1290 g/mol. The van der Waals surface area contributed by atoms with Gasteiger partial charge in [0.25, 0.3) is 6.33 Å². The normalized spacial score (nSPS) is 13.8. The number of rotatable bonds is 6. The largest absolute Gasteiger partial charge is 0.510 e. The van der Waals surface area contributed by atoms with Gasteiger partial charge in [-0.25, -0.2) is 4.98 Å². The third-order valence-corrected chi connectivity index (χ3v) is 16.5. The maximum atomic E-state index is 10.1. The van der Waals surface area contributed by atoms with E-state index in [9.17, 15) is 11.0 Å². The molecule has 0 saturated heterocycles. The smallest absolute Gasteiger partial charge is 0.268 e. The maximum absolute atomic E-state index is 10.1. The van der Waals surface area contributed by atoms with Crippen LogP contribution in [0.1, 0.15) is 90.0 Å². The van der Waals surface area contributed by atoms with Crippen LogP contribution in [0.5, 0.6) is 11.5 Å². The van der Waals surface area contributed by atoms with Gasteiger partial charge in [0.2, 0.25) is 0 Å². The maximum Gasteiger partial charge on any atom is 0.268 e. The van der Waals surface area contributed by atoms with E-state index in [-0.39, 0.29) is 71.6 Å². The summed E-state index contributed by atoms with van der Waals surface area (Å²) in [6, 6.07) is 55.7. The fourth-order valence-corrected chi connectivity index (χ4v) is 12.0. The van der Waals surface area contributed by atoms with Crippen LogP contribution in [0.3, 0.4) is 0 Å². The third-order valence-electron chi connectivity index (χ3n) is 16.5. The standard InChI is InChI=1S/C78H62N4O2.Pt/c1-76(2,3)51-36-37-79-73(44-51)82-68-30-16-14-26-62(68)63-34-33-56(46-69(63)82)83-55-21-18-20-54(45-55)80-47-81-74-57(48-32-35-72-66(40-48)64-27-15-17-31-71(64)84-72)28-19-29-65(74)60-24-12-10-22-58(60)59-23-11-13-25-61(59)67-41-50(42-70(80)75(67)81)49-38-52(77(4,5)6)43-53(39-49)78(7,8)9;/h10-44H,1-9H3;/q-2;/i10D,11D,12D,13D,22D,23D,24D,25D;. The molecular weight excluding hydrogens is 1220 g/mol. The van der Waals surface area contributed by atoms with Crippen LogP contribution in [0.25, 0.3) is 128 Å². The number of fused-ring (bicyclic) bond motifs is 13. The summed E-state index contributed by atoms with van der Waals surface area (Å²) in [4.78, 5) is 4.90. The van der Waals surface area contributed by atoms with Gasteiger partial charge in [-0.3, -0.25) is 4.57 Å². The third kappa shape index (κ3) is 9.12. The summed E-state index contributed by atoms with van der Waals surface area (Å²) in [5.41, 5.74) is 11.5. The van der Waals surface area contributed by atoms with Gasteiger partial charge in [0.1, 0.15) is 17.0 Å². The van der Waals surface area contributed by atoms with Gasteiger partial charge < -0.3 is 18.3 Å². The molecule has 1 aliphatic heterocycles. The quantitative estimate of drug-likeness (QED) is 0.123. The molecule has 0 bridgehead atoms. The van der Waals surface area contributed by atoms with Crippen LogP contribution in [0.15, 0.2) is 217 Å². The van der Waals surface area contributed by atoms with Crippen molar-refractivity contribution in [3.05, 3.63) is 247 Å². The van der Waals surface area contributed by atoms with Gasteiger partial charge in [0.05, 0.1) is 27.7 Å². The van der Waals surface area contributed by atoms with E-state index in [1.165, 1.54) is 0 Å². The van der Waals surface area contributed by atoms with E-state index in [4.69, 9.17) is 14.1 Å². The van der Waals surface area contributed by atoms with Crippen LogP contribution in [0.4, 0.5) is 0 Å². The number of pyridine rings is 1. The minimum atomic E-state index is -0.547. The molecule has 5 heterocycles. The predicted octanol–water partition coefficient (Wildman–Crippen LogP) is 20.0. The van der Waals surface area contributed by atoms with Crippen molar-refractivity contribution in [2.45, 2.75) is 78.6 Å². The molecule has 0 N–H and O–H groups in total. The van der Waals surface area contributed by atoms with E-state index in [0.29, 0.717) is 56.2 Å². The van der Waals surface area contributed by atoms with Crippen molar-refractivity contribution in [1.29, 1.82) is 0 Å². The Balaban J connectivity index is 0.00000749. The molecule has 418 valence electrons. The Labute approximate surface area is 522 Å². The average molecular weight is 1290 g/mol. The molecule has 7 heteroatoms. The second kappa shape index (κ2) is 20.0.